The van der Waals surface area contributed by atoms with Gasteiger partial charge in [-0.05, 0) is 39.8 Å². The van der Waals surface area contributed by atoms with E-state index in [9.17, 15) is 14.7 Å². The number of aromatic nitrogens is 1. The molecule has 0 aliphatic rings. The van der Waals surface area contributed by atoms with Gasteiger partial charge in [0.15, 0.2) is 5.78 Å². The topological polar surface area (TPSA) is 113 Å². The second-order valence-electron chi connectivity index (χ2n) is 6.17. The van der Waals surface area contributed by atoms with Gasteiger partial charge >= 0.3 is 5.97 Å². The Bertz CT molecular complexity index is 910. The number of carbonyl (C=O) groups excluding carboxylic acids is 2. The predicted octanol–water partition coefficient (Wildman–Crippen LogP) is 4.18. The molecule has 0 amide bonds. The van der Waals surface area contributed by atoms with Gasteiger partial charge in [0.2, 0.25) is 0 Å². The summed E-state index contributed by atoms with van der Waals surface area (Å²) in [4.78, 5) is 24.7. The zero-order valence-electron chi connectivity index (χ0n) is 16.2. The van der Waals surface area contributed by atoms with Crippen LogP contribution in [0, 0.1) is 19.3 Å². The molecular formula is C20H22N2O5S. The third-order valence-electron chi connectivity index (χ3n) is 4.02. The lowest BCUT2D eigenvalue weighted by Crippen LogP contribution is -2.15. The summed E-state index contributed by atoms with van der Waals surface area (Å²) in [6, 6.07) is 6.97. The summed E-state index contributed by atoms with van der Waals surface area (Å²) < 4.78 is 10.3. The minimum absolute atomic E-state index is 0.0866. The van der Waals surface area contributed by atoms with E-state index in [-0.39, 0.29) is 11.3 Å². The number of nitrogens with zero attached hydrogens (tertiary/aromatic N) is 1. The second-order valence-corrected chi connectivity index (χ2v) is 7.18. The lowest BCUT2D eigenvalue weighted by molar-refractivity contribution is -0.113. The Kier molecular flexibility index (Phi) is 7.17. The number of benzene rings is 1. The highest BCUT2D eigenvalue weighted by atomic mass is 32.2. The number of Topliss-reactive ketones (excluding diaryl/α,β-unsaturated/α-hetero) is 1. The Balaban J connectivity index is 2.13. The Morgan fingerprint density at radius 1 is 1.25 bits per heavy atom. The van der Waals surface area contributed by atoms with Crippen molar-refractivity contribution in [1.82, 2.24) is 5.16 Å². The number of esters is 1. The zero-order valence-corrected chi connectivity index (χ0v) is 17.0. The van der Waals surface area contributed by atoms with Crippen molar-refractivity contribution in [2.45, 2.75) is 38.3 Å². The average molecular weight is 402 g/mol. The molecule has 0 atom stereocenters. The maximum Gasteiger partial charge on any atom is 0.339 e. The zero-order chi connectivity index (χ0) is 20.8. The van der Waals surface area contributed by atoms with Crippen molar-refractivity contribution in [1.29, 1.82) is 5.41 Å². The lowest BCUT2D eigenvalue weighted by atomic mass is 10.1. The smallest absolute Gasteiger partial charge is 0.339 e. The van der Waals surface area contributed by atoms with Crippen molar-refractivity contribution in [3.63, 3.8) is 0 Å². The van der Waals surface area contributed by atoms with E-state index in [0.717, 1.165) is 17.0 Å². The maximum atomic E-state index is 12.5. The van der Waals surface area contributed by atoms with Crippen molar-refractivity contribution in [2.75, 3.05) is 6.61 Å². The number of rotatable bonds is 8. The van der Waals surface area contributed by atoms with Crippen LogP contribution in [0.4, 0.5) is 0 Å². The Morgan fingerprint density at radius 2 is 1.93 bits per heavy atom. The van der Waals surface area contributed by atoms with E-state index in [2.05, 4.69) is 5.16 Å². The number of aliphatic hydroxyl groups excluding tert-OH is 1. The first-order valence-electron chi connectivity index (χ1n) is 8.51. The molecule has 1 aromatic carbocycles. The van der Waals surface area contributed by atoms with Crippen LogP contribution in [0.1, 0.15) is 41.2 Å². The van der Waals surface area contributed by atoms with Crippen molar-refractivity contribution in [3.8, 4) is 0 Å². The molecule has 8 heteroatoms. The van der Waals surface area contributed by atoms with Gasteiger partial charge in [-0.1, -0.05) is 17.3 Å². The minimum Gasteiger partial charge on any atom is -0.508 e. The van der Waals surface area contributed by atoms with Crippen LogP contribution in [-0.4, -0.2) is 34.3 Å². The quantitative estimate of drug-likeness (QED) is 0.224. The highest BCUT2D eigenvalue weighted by Gasteiger charge is 2.18. The van der Waals surface area contributed by atoms with Gasteiger partial charge in [-0.25, -0.2) is 4.79 Å². The van der Waals surface area contributed by atoms with Crippen LogP contribution in [0.2, 0.25) is 0 Å². The van der Waals surface area contributed by atoms with Crippen molar-refractivity contribution in [3.05, 3.63) is 58.2 Å². The molecule has 2 N–H and O–H groups in total. The summed E-state index contributed by atoms with van der Waals surface area (Å²) in [7, 11) is 0. The molecular weight excluding hydrogens is 380 g/mol. The van der Waals surface area contributed by atoms with Gasteiger partial charge in [0.25, 0.3) is 0 Å². The first-order chi connectivity index (χ1) is 13.2. The molecule has 28 heavy (non-hydrogen) atoms. The summed E-state index contributed by atoms with van der Waals surface area (Å²) in [5.41, 5.74) is 1.90. The van der Waals surface area contributed by atoms with Crippen molar-refractivity contribution >= 4 is 29.2 Å². The number of allylic oxidation sites excluding steroid dienone is 1. The number of aryl methyl sites for hydroxylation is 2. The largest absolute Gasteiger partial charge is 0.508 e. The fraction of sp³-hybridized carbons (Fsp3) is 0.300. The summed E-state index contributed by atoms with van der Waals surface area (Å²) in [5.74, 6) is -0.207. The number of ketones is 1. The lowest BCUT2D eigenvalue weighted by Gasteiger charge is -2.11. The van der Waals surface area contributed by atoms with Crippen LogP contribution < -0.4 is 0 Å². The van der Waals surface area contributed by atoms with Crippen LogP contribution in [0.15, 0.2) is 45.0 Å². The number of aliphatic hydroxyl groups is 1. The fourth-order valence-electron chi connectivity index (χ4n) is 2.59. The molecule has 0 saturated carbocycles. The number of ether oxygens (including phenoxy) is 1. The normalized spacial score (nSPS) is 11.7. The molecule has 0 radical (unpaired) electrons. The molecule has 0 aliphatic carbocycles. The van der Waals surface area contributed by atoms with Crippen LogP contribution in [0.3, 0.4) is 0 Å². The standard InChI is InChI=1S/C20H22N2O5S/c1-11(21)19(13(3)23)17(24)9-26-20(25)15-7-5-6-8-18(15)28-10-16-12(2)22-27-14(16)4/h5-8,21,24H,9-10H2,1-4H3/b19-17-,21-11?. The minimum atomic E-state index is -0.626. The third-order valence-corrected chi connectivity index (χ3v) is 5.12. The molecule has 0 aliphatic heterocycles. The Hall–Kier alpha value is -2.87. The van der Waals surface area contributed by atoms with Gasteiger partial charge in [-0.2, -0.15) is 0 Å². The Labute approximate surface area is 167 Å². The van der Waals surface area contributed by atoms with E-state index in [1.165, 1.54) is 25.6 Å². The molecule has 1 heterocycles. The van der Waals surface area contributed by atoms with Crippen molar-refractivity contribution < 1.29 is 24.0 Å². The number of hydrogen-bond donors (Lipinski definition) is 2. The molecule has 0 unspecified atom stereocenters. The summed E-state index contributed by atoms with van der Waals surface area (Å²) in [5, 5.41) is 21.5. The molecule has 0 saturated heterocycles. The molecule has 0 bridgehead atoms. The molecule has 2 rings (SSSR count). The summed E-state index contributed by atoms with van der Waals surface area (Å²) in [6.45, 7) is 5.84. The first kappa shape index (κ1) is 21.4. The van der Waals surface area contributed by atoms with Gasteiger partial charge in [0.1, 0.15) is 18.1 Å². The SMILES string of the molecule is CC(=N)/C(C(C)=O)=C(/O)COC(=O)c1ccccc1SCc1c(C)noc1C. The van der Waals surface area contributed by atoms with E-state index in [1.807, 2.05) is 19.9 Å². The van der Waals surface area contributed by atoms with Crippen LogP contribution in [0.25, 0.3) is 0 Å². The maximum absolute atomic E-state index is 12.5. The number of hydrogen-bond acceptors (Lipinski definition) is 8. The fourth-order valence-corrected chi connectivity index (χ4v) is 3.78. The number of carbonyl (C=O) groups is 2. The third kappa shape index (κ3) is 5.10. The van der Waals surface area contributed by atoms with Gasteiger partial charge in [-0.3, -0.25) is 4.79 Å². The predicted molar refractivity (Wildman–Crippen MR) is 106 cm³/mol. The molecule has 7 nitrogen and oxygen atoms in total. The van der Waals surface area contributed by atoms with Gasteiger partial charge in [0, 0.05) is 21.9 Å². The van der Waals surface area contributed by atoms with E-state index < -0.39 is 24.1 Å². The van der Waals surface area contributed by atoms with Crippen molar-refractivity contribution in [2.24, 2.45) is 0 Å². The Morgan fingerprint density at radius 3 is 2.50 bits per heavy atom. The molecule has 1 aromatic heterocycles. The molecule has 0 fully saturated rings. The molecule has 2 aromatic rings. The first-order valence-corrected chi connectivity index (χ1v) is 9.50. The monoisotopic (exact) mass is 402 g/mol. The van der Waals surface area contributed by atoms with E-state index >= 15 is 0 Å². The highest BCUT2D eigenvalue weighted by molar-refractivity contribution is 7.98. The van der Waals surface area contributed by atoms with Crippen LogP contribution in [0.5, 0.6) is 0 Å². The van der Waals surface area contributed by atoms with Crippen LogP contribution >= 0.6 is 11.8 Å². The van der Waals surface area contributed by atoms with Gasteiger partial charge in [-0.15, -0.1) is 11.8 Å². The highest BCUT2D eigenvalue weighted by Crippen LogP contribution is 2.29. The number of nitrogens with one attached hydrogen (secondary N) is 1. The average Bonchev–Trinajstić information content (AvgIpc) is 2.95. The number of thioether (sulfide) groups is 1. The van der Waals surface area contributed by atoms with Gasteiger partial charge < -0.3 is 19.8 Å². The van der Waals surface area contributed by atoms with E-state index in [4.69, 9.17) is 14.7 Å². The van der Waals surface area contributed by atoms with Gasteiger partial charge in [0.05, 0.1) is 16.8 Å². The second kappa shape index (κ2) is 9.36. The summed E-state index contributed by atoms with van der Waals surface area (Å²) in [6.07, 6.45) is 0. The van der Waals surface area contributed by atoms with E-state index in [0.29, 0.717) is 16.2 Å². The summed E-state index contributed by atoms with van der Waals surface area (Å²) >= 11 is 1.45. The van der Waals surface area contributed by atoms with E-state index in [1.54, 1.807) is 18.2 Å². The molecule has 148 valence electrons. The molecule has 0 spiro atoms. The van der Waals surface area contributed by atoms with Crippen LogP contribution in [-0.2, 0) is 15.3 Å².